The third-order valence-corrected chi connectivity index (χ3v) is 3.21. The number of hydrogen-bond donors (Lipinski definition) is 1. The molecule has 0 amide bonds. The lowest BCUT2D eigenvalue weighted by Gasteiger charge is -2.33. The number of aromatic carboxylic acids is 1. The van der Waals surface area contributed by atoms with Crippen molar-refractivity contribution in [2.45, 2.75) is 53.4 Å². The Hall–Kier alpha value is -1.31. The van der Waals surface area contributed by atoms with Gasteiger partial charge in [-0.3, -0.25) is 0 Å². The van der Waals surface area contributed by atoms with Gasteiger partial charge in [-0.2, -0.15) is 0 Å². The predicted octanol–water partition coefficient (Wildman–Crippen LogP) is 4.41. The summed E-state index contributed by atoms with van der Waals surface area (Å²) in [4.78, 5) is 11.0. The summed E-state index contributed by atoms with van der Waals surface area (Å²) < 4.78 is 0. The van der Waals surface area contributed by atoms with Crippen LogP contribution in [-0.2, 0) is 5.41 Å². The maximum atomic E-state index is 11.0. The van der Waals surface area contributed by atoms with Crippen LogP contribution in [0.5, 0.6) is 0 Å². The van der Waals surface area contributed by atoms with E-state index < -0.39 is 5.97 Å². The molecule has 0 bridgehead atoms. The maximum Gasteiger partial charge on any atom is 0.335 e. The molecular formula is C16H24O2. The summed E-state index contributed by atoms with van der Waals surface area (Å²) in [5.41, 5.74) is 2.75. The van der Waals surface area contributed by atoms with E-state index >= 15 is 0 Å². The Morgan fingerprint density at radius 2 is 1.72 bits per heavy atom. The number of carboxylic acid groups (broad SMARTS) is 1. The van der Waals surface area contributed by atoms with Gasteiger partial charge >= 0.3 is 5.97 Å². The first-order chi connectivity index (χ1) is 8.03. The zero-order valence-electron chi connectivity index (χ0n) is 12.3. The Kier molecular flexibility index (Phi) is 3.89. The van der Waals surface area contributed by atoms with Crippen molar-refractivity contribution in [2.75, 3.05) is 0 Å². The second-order valence-electron chi connectivity index (χ2n) is 6.96. The molecule has 1 N–H and O–H groups in total. The second kappa shape index (κ2) is 4.75. The topological polar surface area (TPSA) is 37.3 Å². The smallest absolute Gasteiger partial charge is 0.335 e. The molecule has 0 aliphatic rings. The van der Waals surface area contributed by atoms with Gasteiger partial charge in [0, 0.05) is 0 Å². The largest absolute Gasteiger partial charge is 0.478 e. The van der Waals surface area contributed by atoms with E-state index in [1.165, 1.54) is 5.56 Å². The van der Waals surface area contributed by atoms with Crippen LogP contribution in [0.25, 0.3) is 0 Å². The van der Waals surface area contributed by atoms with Crippen molar-refractivity contribution < 1.29 is 9.90 Å². The van der Waals surface area contributed by atoms with Crippen LogP contribution in [0.4, 0.5) is 0 Å². The van der Waals surface area contributed by atoms with Gasteiger partial charge < -0.3 is 5.11 Å². The van der Waals surface area contributed by atoms with Crippen molar-refractivity contribution in [1.29, 1.82) is 0 Å². The molecule has 0 aliphatic heterocycles. The minimum atomic E-state index is -0.854. The molecule has 1 aromatic carbocycles. The Bertz CT molecular complexity index is 451. The zero-order valence-corrected chi connectivity index (χ0v) is 12.3. The fourth-order valence-electron chi connectivity index (χ4n) is 2.75. The molecule has 18 heavy (non-hydrogen) atoms. The predicted molar refractivity (Wildman–Crippen MR) is 75.2 cm³/mol. The van der Waals surface area contributed by atoms with Gasteiger partial charge in [0.25, 0.3) is 0 Å². The van der Waals surface area contributed by atoms with Gasteiger partial charge in [0.2, 0.25) is 0 Å². The highest BCUT2D eigenvalue weighted by molar-refractivity contribution is 5.89. The molecule has 0 saturated heterocycles. The van der Waals surface area contributed by atoms with Crippen molar-refractivity contribution in [3.05, 3.63) is 34.9 Å². The molecule has 2 heteroatoms. The number of carbonyl (C=O) groups is 1. The first kappa shape index (κ1) is 14.7. The highest BCUT2D eigenvalue weighted by Crippen LogP contribution is 2.36. The van der Waals surface area contributed by atoms with Crippen molar-refractivity contribution >= 4 is 5.97 Å². The molecule has 100 valence electrons. The fourth-order valence-corrected chi connectivity index (χ4v) is 2.75. The van der Waals surface area contributed by atoms with Crippen molar-refractivity contribution in [2.24, 2.45) is 5.41 Å². The third-order valence-electron chi connectivity index (χ3n) is 3.21. The van der Waals surface area contributed by atoms with Gasteiger partial charge in [0.15, 0.2) is 0 Å². The number of hydrogen-bond acceptors (Lipinski definition) is 1. The quantitative estimate of drug-likeness (QED) is 0.860. The van der Waals surface area contributed by atoms with Gasteiger partial charge in [-0.15, -0.1) is 0 Å². The van der Waals surface area contributed by atoms with E-state index in [1.54, 1.807) is 6.07 Å². The summed E-state index contributed by atoms with van der Waals surface area (Å²) in [5, 5.41) is 9.05. The van der Waals surface area contributed by atoms with Gasteiger partial charge in [0.1, 0.15) is 0 Å². The Morgan fingerprint density at radius 1 is 1.17 bits per heavy atom. The van der Waals surface area contributed by atoms with E-state index in [0.29, 0.717) is 5.56 Å². The second-order valence-corrected chi connectivity index (χ2v) is 6.96. The minimum absolute atomic E-state index is 0.0556. The summed E-state index contributed by atoms with van der Waals surface area (Å²) in [5.74, 6) is -0.854. The Balaban J connectivity index is 3.11. The molecule has 0 radical (unpaired) electrons. The summed E-state index contributed by atoms with van der Waals surface area (Å²) in [7, 11) is 0. The van der Waals surface area contributed by atoms with E-state index in [2.05, 4.69) is 34.6 Å². The number of carboxylic acids is 1. The molecule has 0 saturated carbocycles. The molecule has 1 rings (SSSR count). The zero-order chi connectivity index (χ0) is 14.1. The normalized spacial score (nSPS) is 12.6. The standard InChI is InChI=1S/C16H24O2/c1-11-9-12(7-8-13(11)14(17)18)16(5,6)10-15(2,3)4/h7-9H,10H2,1-6H3,(H,17,18). The summed E-state index contributed by atoms with van der Waals surface area (Å²) >= 11 is 0. The van der Waals surface area contributed by atoms with Crippen LogP contribution in [0.1, 0.15) is 62.5 Å². The van der Waals surface area contributed by atoms with E-state index in [-0.39, 0.29) is 10.8 Å². The van der Waals surface area contributed by atoms with E-state index in [4.69, 9.17) is 5.11 Å². The van der Waals surface area contributed by atoms with Crippen molar-refractivity contribution in [3.63, 3.8) is 0 Å². The van der Waals surface area contributed by atoms with Crippen molar-refractivity contribution in [1.82, 2.24) is 0 Å². The molecule has 0 fully saturated rings. The average molecular weight is 248 g/mol. The third kappa shape index (κ3) is 3.59. The summed E-state index contributed by atoms with van der Waals surface area (Å²) in [6, 6.07) is 5.68. The fraction of sp³-hybridized carbons (Fsp3) is 0.562. The summed E-state index contributed by atoms with van der Waals surface area (Å²) in [6.07, 6.45) is 1.06. The van der Waals surface area contributed by atoms with Gasteiger partial charge in [-0.1, -0.05) is 46.8 Å². The van der Waals surface area contributed by atoms with Crippen molar-refractivity contribution in [3.8, 4) is 0 Å². The van der Waals surface area contributed by atoms with Gasteiger partial charge in [-0.25, -0.2) is 4.79 Å². The lowest BCUT2D eigenvalue weighted by molar-refractivity contribution is 0.0696. The lowest BCUT2D eigenvalue weighted by atomic mass is 9.72. The average Bonchev–Trinajstić information content (AvgIpc) is 2.12. The molecule has 1 aromatic rings. The van der Waals surface area contributed by atoms with Crippen LogP contribution < -0.4 is 0 Å². The SMILES string of the molecule is Cc1cc(C(C)(C)CC(C)(C)C)ccc1C(=O)O. The van der Waals surface area contributed by atoms with Crippen LogP contribution in [-0.4, -0.2) is 11.1 Å². The van der Waals surface area contributed by atoms with E-state index in [1.807, 2.05) is 19.1 Å². The van der Waals surface area contributed by atoms with E-state index in [9.17, 15) is 4.79 Å². The van der Waals surface area contributed by atoms with Crippen LogP contribution in [0.15, 0.2) is 18.2 Å². The molecule has 0 atom stereocenters. The highest BCUT2D eigenvalue weighted by Gasteiger charge is 2.27. The Morgan fingerprint density at radius 3 is 2.11 bits per heavy atom. The van der Waals surface area contributed by atoms with Gasteiger partial charge in [0.05, 0.1) is 5.56 Å². The maximum absolute atomic E-state index is 11.0. The molecule has 0 aliphatic carbocycles. The number of benzene rings is 1. The first-order valence-corrected chi connectivity index (χ1v) is 6.37. The molecule has 0 aromatic heterocycles. The first-order valence-electron chi connectivity index (χ1n) is 6.37. The lowest BCUT2D eigenvalue weighted by Crippen LogP contribution is -2.25. The molecular weight excluding hydrogens is 224 g/mol. The molecule has 0 spiro atoms. The monoisotopic (exact) mass is 248 g/mol. The van der Waals surface area contributed by atoms with Crippen LogP contribution in [0, 0.1) is 12.3 Å². The summed E-state index contributed by atoms with van der Waals surface area (Å²) in [6.45, 7) is 13.0. The molecule has 0 unspecified atom stereocenters. The number of rotatable bonds is 3. The minimum Gasteiger partial charge on any atom is -0.478 e. The van der Waals surface area contributed by atoms with Crippen LogP contribution in [0.2, 0.25) is 0 Å². The van der Waals surface area contributed by atoms with Crippen LogP contribution in [0.3, 0.4) is 0 Å². The highest BCUT2D eigenvalue weighted by atomic mass is 16.4. The van der Waals surface area contributed by atoms with Crippen LogP contribution >= 0.6 is 0 Å². The van der Waals surface area contributed by atoms with Gasteiger partial charge in [-0.05, 0) is 41.4 Å². The van der Waals surface area contributed by atoms with E-state index in [0.717, 1.165) is 12.0 Å². The number of aryl methyl sites for hydroxylation is 1. The molecule has 2 nitrogen and oxygen atoms in total. The molecule has 0 heterocycles. The Labute approximate surface area is 110 Å².